The highest BCUT2D eigenvalue weighted by Crippen LogP contribution is 2.24. The van der Waals surface area contributed by atoms with Crippen molar-refractivity contribution < 1.29 is 4.52 Å². The molecule has 2 heterocycles. The van der Waals surface area contributed by atoms with Crippen LogP contribution in [0.15, 0.2) is 10.6 Å². The minimum atomic E-state index is 0. The fourth-order valence-corrected chi connectivity index (χ4v) is 2.30. The maximum Gasteiger partial charge on any atom is 0.150 e. The fraction of sp³-hybridized carbons (Fsp3) is 0.727. The van der Waals surface area contributed by atoms with Gasteiger partial charge in [0, 0.05) is 18.7 Å². The van der Waals surface area contributed by atoms with Crippen LogP contribution in [0.4, 0.5) is 0 Å². The summed E-state index contributed by atoms with van der Waals surface area (Å²) in [6.45, 7) is 6.92. The molecule has 2 unspecified atom stereocenters. The van der Waals surface area contributed by atoms with Crippen LogP contribution in [0.1, 0.15) is 24.8 Å². The van der Waals surface area contributed by atoms with Crippen molar-refractivity contribution in [2.45, 2.75) is 32.9 Å². The molecule has 2 N–H and O–H groups in total. The summed E-state index contributed by atoms with van der Waals surface area (Å²) in [4.78, 5) is 2.41. The van der Waals surface area contributed by atoms with Gasteiger partial charge in [-0.1, -0.05) is 5.16 Å². The van der Waals surface area contributed by atoms with Crippen molar-refractivity contribution in [1.29, 1.82) is 0 Å². The minimum absolute atomic E-state index is 0. The molecule has 1 saturated heterocycles. The van der Waals surface area contributed by atoms with Crippen LogP contribution in [0.5, 0.6) is 0 Å². The van der Waals surface area contributed by atoms with Gasteiger partial charge in [-0.3, -0.25) is 4.90 Å². The summed E-state index contributed by atoms with van der Waals surface area (Å²) in [6, 6.07) is 2.60. The van der Waals surface area contributed by atoms with E-state index in [2.05, 4.69) is 17.0 Å². The van der Waals surface area contributed by atoms with Crippen LogP contribution in [0.25, 0.3) is 0 Å². The van der Waals surface area contributed by atoms with Gasteiger partial charge in [0.1, 0.15) is 0 Å². The van der Waals surface area contributed by atoms with Gasteiger partial charge in [0.15, 0.2) is 5.76 Å². The van der Waals surface area contributed by atoms with Gasteiger partial charge < -0.3 is 10.3 Å². The van der Waals surface area contributed by atoms with Crippen LogP contribution in [0, 0.1) is 12.8 Å². The summed E-state index contributed by atoms with van der Waals surface area (Å²) in [5.74, 6) is 1.60. The van der Waals surface area contributed by atoms with E-state index in [1.807, 2.05) is 13.0 Å². The van der Waals surface area contributed by atoms with Crippen molar-refractivity contribution in [3.63, 3.8) is 0 Å². The molecule has 1 fully saturated rings. The molecular formula is C11H20ClN3O. The third kappa shape index (κ3) is 2.97. The highest BCUT2D eigenvalue weighted by Gasteiger charge is 2.28. The maximum absolute atomic E-state index is 5.69. The molecule has 1 aromatic heterocycles. The monoisotopic (exact) mass is 245 g/mol. The first kappa shape index (κ1) is 13.5. The Morgan fingerprint density at radius 1 is 1.62 bits per heavy atom. The number of halogens is 1. The lowest BCUT2D eigenvalue weighted by atomic mass is 10.1. The van der Waals surface area contributed by atoms with Crippen molar-refractivity contribution >= 4 is 12.4 Å². The van der Waals surface area contributed by atoms with E-state index in [1.165, 1.54) is 6.42 Å². The molecule has 0 spiro atoms. The molecule has 0 radical (unpaired) electrons. The third-order valence-electron chi connectivity index (χ3n) is 3.16. The number of nitrogens with zero attached hydrogens (tertiary/aromatic N) is 2. The van der Waals surface area contributed by atoms with Crippen LogP contribution in [0.3, 0.4) is 0 Å². The number of hydrogen-bond donors (Lipinski definition) is 1. The Kier molecular flexibility index (Phi) is 4.77. The summed E-state index contributed by atoms with van der Waals surface area (Å²) >= 11 is 0. The Morgan fingerprint density at radius 2 is 2.38 bits per heavy atom. The van der Waals surface area contributed by atoms with Crippen molar-refractivity contribution in [3.8, 4) is 0 Å². The number of likely N-dealkylation sites (tertiary alicyclic amines) is 1. The van der Waals surface area contributed by atoms with Crippen LogP contribution in [-0.4, -0.2) is 29.2 Å². The molecule has 5 heteroatoms. The number of nitrogens with two attached hydrogens (primary N) is 1. The molecule has 0 aliphatic carbocycles. The van der Waals surface area contributed by atoms with Crippen molar-refractivity contribution in [1.82, 2.24) is 10.1 Å². The molecule has 0 aromatic carbocycles. The van der Waals surface area contributed by atoms with Gasteiger partial charge in [-0.05, 0) is 32.7 Å². The molecule has 0 amide bonds. The molecular weight excluding hydrogens is 226 g/mol. The SMILES string of the molecule is Cc1cc(CN2CC(CN)CC2C)on1.Cl. The zero-order valence-corrected chi connectivity index (χ0v) is 10.7. The highest BCUT2D eigenvalue weighted by molar-refractivity contribution is 5.85. The Balaban J connectivity index is 0.00000128. The molecule has 1 aliphatic rings. The number of rotatable bonds is 3. The molecule has 1 aromatic rings. The summed E-state index contributed by atoms with van der Waals surface area (Å²) in [6.07, 6.45) is 1.20. The zero-order chi connectivity index (χ0) is 10.8. The van der Waals surface area contributed by atoms with E-state index in [0.29, 0.717) is 12.0 Å². The molecule has 2 rings (SSSR count). The maximum atomic E-state index is 5.69. The third-order valence-corrected chi connectivity index (χ3v) is 3.16. The first-order chi connectivity index (χ1) is 7.19. The summed E-state index contributed by atoms with van der Waals surface area (Å²) in [7, 11) is 0. The van der Waals surface area contributed by atoms with E-state index in [1.54, 1.807) is 0 Å². The predicted molar refractivity (Wildman–Crippen MR) is 65.5 cm³/mol. The first-order valence-electron chi connectivity index (χ1n) is 5.55. The molecule has 92 valence electrons. The Bertz CT molecular complexity index is 329. The van der Waals surface area contributed by atoms with Crippen molar-refractivity contribution in [2.75, 3.05) is 13.1 Å². The van der Waals surface area contributed by atoms with Crippen LogP contribution in [-0.2, 0) is 6.54 Å². The zero-order valence-electron chi connectivity index (χ0n) is 9.85. The van der Waals surface area contributed by atoms with Gasteiger partial charge in [-0.2, -0.15) is 0 Å². The van der Waals surface area contributed by atoms with E-state index in [9.17, 15) is 0 Å². The van der Waals surface area contributed by atoms with Gasteiger partial charge in [0.2, 0.25) is 0 Å². The van der Waals surface area contributed by atoms with Gasteiger partial charge in [0.25, 0.3) is 0 Å². The van der Waals surface area contributed by atoms with Gasteiger partial charge in [0.05, 0.1) is 12.2 Å². The Labute approximate surface area is 103 Å². The lowest BCUT2D eigenvalue weighted by Crippen LogP contribution is -2.27. The first-order valence-corrected chi connectivity index (χ1v) is 5.55. The molecule has 16 heavy (non-hydrogen) atoms. The van der Waals surface area contributed by atoms with Gasteiger partial charge in [-0.25, -0.2) is 0 Å². The van der Waals surface area contributed by atoms with E-state index in [0.717, 1.165) is 31.1 Å². The number of hydrogen-bond acceptors (Lipinski definition) is 4. The quantitative estimate of drug-likeness (QED) is 0.879. The minimum Gasteiger partial charge on any atom is -0.360 e. The van der Waals surface area contributed by atoms with E-state index < -0.39 is 0 Å². The summed E-state index contributed by atoms with van der Waals surface area (Å²) < 4.78 is 5.22. The fourth-order valence-electron chi connectivity index (χ4n) is 2.30. The van der Waals surface area contributed by atoms with Crippen LogP contribution < -0.4 is 5.73 Å². The molecule has 0 bridgehead atoms. The Morgan fingerprint density at radius 3 is 2.88 bits per heavy atom. The number of aryl methyl sites for hydroxylation is 1. The van der Waals surface area contributed by atoms with Gasteiger partial charge in [-0.15, -0.1) is 12.4 Å². The largest absolute Gasteiger partial charge is 0.360 e. The van der Waals surface area contributed by atoms with Crippen LogP contribution >= 0.6 is 12.4 Å². The van der Waals surface area contributed by atoms with Crippen LogP contribution in [0.2, 0.25) is 0 Å². The van der Waals surface area contributed by atoms with Gasteiger partial charge >= 0.3 is 0 Å². The molecule has 1 aliphatic heterocycles. The van der Waals surface area contributed by atoms with E-state index in [4.69, 9.17) is 10.3 Å². The average Bonchev–Trinajstić information content (AvgIpc) is 2.75. The molecule has 4 nitrogen and oxygen atoms in total. The summed E-state index contributed by atoms with van der Waals surface area (Å²) in [5, 5.41) is 3.90. The van der Waals surface area contributed by atoms with Crippen molar-refractivity contribution in [3.05, 3.63) is 17.5 Å². The van der Waals surface area contributed by atoms with E-state index >= 15 is 0 Å². The normalized spacial score (nSPS) is 25.7. The second-order valence-corrected chi connectivity index (χ2v) is 4.55. The predicted octanol–water partition coefficient (Wildman–Crippen LogP) is 1.57. The number of aromatic nitrogens is 1. The molecule has 2 atom stereocenters. The summed E-state index contributed by atoms with van der Waals surface area (Å²) in [5.41, 5.74) is 6.64. The smallest absolute Gasteiger partial charge is 0.150 e. The second-order valence-electron chi connectivity index (χ2n) is 4.55. The average molecular weight is 246 g/mol. The highest BCUT2D eigenvalue weighted by atomic mass is 35.5. The molecule has 0 saturated carbocycles. The topological polar surface area (TPSA) is 55.3 Å². The van der Waals surface area contributed by atoms with Crippen molar-refractivity contribution in [2.24, 2.45) is 11.7 Å². The van der Waals surface area contributed by atoms with E-state index in [-0.39, 0.29) is 12.4 Å². The second kappa shape index (κ2) is 5.66. The lowest BCUT2D eigenvalue weighted by Gasteiger charge is -2.18. The lowest BCUT2D eigenvalue weighted by molar-refractivity contribution is 0.222. The Hall–Kier alpha value is -0.580. The standard InChI is InChI=1S/C11H19N3O.ClH/c1-8-3-11(15-13-8)7-14-6-10(5-12)4-9(14)2;/h3,9-10H,4-7,12H2,1-2H3;1H.